The third-order valence-corrected chi connectivity index (χ3v) is 4.21. The van der Waals surface area contributed by atoms with Gasteiger partial charge in [-0.25, -0.2) is 4.79 Å². The molecule has 0 spiro atoms. The number of hydrogen-bond donors (Lipinski definition) is 1. The fourth-order valence-electron chi connectivity index (χ4n) is 2.91. The number of fused-ring (bicyclic) bond motifs is 1. The molecule has 3 aromatic rings. The Hall–Kier alpha value is -3.28. The molecule has 0 radical (unpaired) electrons. The van der Waals surface area contributed by atoms with Crippen LogP contribution in [0.3, 0.4) is 0 Å². The summed E-state index contributed by atoms with van der Waals surface area (Å²) in [5.41, 5.74) is 1.88. The molecule has 1 aromatic heterocycles. The zero-order valence-electron chi connectivity index (χ0n) is 14.8. The maximum Gasteiger partial charge on any atom is 0.337 e. The fourth-order valence-corrected chi connectivity index (χ4v) is 2.91. The van der Waals surface area contributed by atoms with Crippen molar-refractivity contribution in [3.8, 4) is 17.2 Å². The van der Waals surface area contributed by atoms with Crippen LogP contribution in [-0.2, 0) is 6.42 Å². The molecule has 1 N–H and O–H groups in total. The highest BCUT2D eigenvalue weighted by atomic mass is 16.5. The molecule has 1 heterocycles. The Morgan fingerprint density at radius 3 is 2.31 bits per heavy atom. The van der Waals surface area contributed by atoms with Crippen molar-refractivity contribution in [1.82, 2.24) is 4.98 Å². The van der Waals surface area contributed by atoms with Crippen molar-refractivity contribution in [2.24, 2.45) is 0 Å². The van der Waals surface area contributed by atoms with Gasteiger partial charge in [-0.05, 0) is 29.8 Å². The summed E-state index contributed by atoms with van der Waals surface area (Å²) in [5.74, 6) is 0.716. The molecule has 0 aliphatic carbocycles. The summed E-state index contributed by atoms with van der Waals surface area (Å²) >= 11 is 0. The average molecular weight is 353 g/mol. The molecule has 0 atom stereocenters. The van der Waals surface area contributed by atoms with E-state index in [1.165, 1.54) is 13.3 Å². The van der Waals surface area contributed by atoms with Crippen molar-refractivity contribution >= 4 is 16.7 Å². The van der Waals surface area contributed by atoms with Gasteiger partial charge in [0.25, 0.3) is 0 Å². The van der Waals surface area contributed by atoms with Gasteiger partial charge in [-0.3, -0.25) is 4.98 Å². The summed E-state index contributed by atoms with van der Waals surface area (Å²) in [6, 6.07) is 11.1. The number of carbonyl (C=O) groups is 1. The highest BCUT2D eigenvalue weighted by Gasteiger charge is 2.17. The van der Waals surface area contributed by atoms with E-state index in [0.29, 0.717) is 28.7 Å². The molecule has 0 fully saturated rings. The summed E-state index contributed by atoms with van der Waals surface area (Å²) in [4.78, 5) is 16.0. The monoisotopic (exact) mass is 353 g/mol. The van der Waals surface area contributed by atoms with Crippen LogP contribution in [-0.4, -0.2) is 37.4 Å². The van der Waals surface area contributed by atoms with Gasteiger partial charge in [-0.2, -0.15) is 0 Å². The van der Waals surface area contributed by atoms with Crippen molar-refractivity contribution in [1.29, 1.82) is 0 Å². The van der Waals surface area contributed by atoms with E-state index in [1.54, 1.807) is 26.4 Å². The molecule has 0 saturated carbocycles. The van der Waals surface area contributed by atoms with Gasteiger partial charge < -0.3 is 19.3 Å². The molecule has 26 heavy (non-hydrogen) atoms. The van der Waals surface area contributed by atoms with E-state index in [4.69, 9.17) is 14.2 Å². The third kappa shape index (κ3) is 3.26. The van der Waals surface area contributed by atoms with Crippen molar-refractivity contribution in [2.75, 3.05) is 21.3 Å². The summed E-state index contributed by atoms with van der Waals surface area (Å²) in [5, 5.41) is 10.8. The van der Waals surface area contributed by atoms with Crippen LogP contribution in [0.15, 0.2) is 42.6 Å². The molecule has 3 rings (SSSR count). The minimum Gasteiger partial charge on any atom is -0.497 e. The second-order valence-electron chi connectivity index (χ2n) is 5.70. The molecule has 0 unspecified atom stereocenters. The number of ether oxygens (including phenoxy) is 3. The average Bonchev–Trinajstić information content (AvgIpc) is 2.66. The Morgan fingerprint density at radius 1 is 1.00 bits per heavy atom. The van der Waals surface area contributed by atoms with E-state index in [9.17, 15) is 9.90 Å². The lowest BCUT2D eigenvalue weighted by Crippen LogP contribution is -2.03. The van der Waals surface area contributed by atoms with Crippen LogP contribution >= 0.6 is 0 Å². The Kier molecular flexibility index (Phi) is 4.93. The van der Waals surface area contributed by atoms with Crippen LogP contribution in [0.4, 0.5) is 0 Å². The number of benzene rings is 2. The second kappa shape index (κ2) is 7.31. The topological polar surface area (TPSA) is 77.9 Å². The van der Waals surface area contributed by atoms with Crippen LogP contribution in [0.25, 0.3) is 10.8 Å². The van der Waals surface area contributed by atoms with E-state index >= 15 is 0 Å². The molecular formula is C20H19NO5. The molecule has 6 nitrogen and oxygen atoms in total. The van der Waals surface area contributed by atoms with Crippen LogP contribution in [0, 0.1) is 0 Å². The lowest BCUT2D eigenvalue weighted by molar-refractivity contribution is 0.0698. The normalized spacial score (nSPS) is 10.6. The number of methoxy groups -OCH3 is 3. The van der Waals surface area contributed by atoms with Gasteiger partial charge in [0.2, 0.25) is 0 Å². The number of carboxylic acids is 1. The number of rotatable bonds is 6. The van der Waals surface area contributed by atoms with E-state index < -0.39 is 5.97 Å². The third-order valence-electron chi connectivity index (χ3n) is 4.21. The zero-order chi connectivity index (χ0) is 18.7. The van der Waals surface area contributed by atoms with E-state index in [2.05, 4.69) is 4.98 Å². The summed E-state index contributed by atoms with van der Waals surface area (Å²) in [6.45, 7) is 0. The standard InChI is InChI=1S/C20H19NO5/c1-24-13-6-4-5-12(7-13)8-17-15-10-19(26-3)18(25-2)9-14(15)16(11-21-17)20(22)23/h4-7,9-11H,8H2,1-3H3,(H,22,23). The summed E-state index contributed by atoms with van der Waals surface area (Å²) in [6.07, 6.45) is 1.91. The summed E-state index contributed by atoms with van der Waals surface area (Å²) in [7, 11) is 4.67. The molecule has 0 aliphatic rings. The maximum absolute atomic E-state index is 11.6. The van der Waals surface area contributed by atoms with Gasteiger partial charge in [0.05, 0.1) is 32.6 Å². The van der Waals surface area contributed by atoms with Crippen LogP contribution < -0.4 is 14.2 Å². The summed E-state index contributed by atoms with van der Waals surface area (Å²) < 4.78 is 15.9. The number of aromatic nitrogens is 1. The van der Waals surface area contributed by atoms with Crippen molar-refractivity contribution in [3.63, 3.8) is 0 Å². The van der Waals surface area contributed by atoms with Gasteiger partial charge in [-0.15, -0.1) is 0 Å². The molecule has 0 saturated heterocycles. The van der Waals surface area contributed by atoms with E-state index in [0.717, 1.165) is 17.0 Å². The molecule has 0 amide bonds. The number of hydrogen-bond acceptors (Lipinski definition) is 5. The molecule has 0 aliphatic heterocycles. The van der Waals surface area contributed by atoms with Gasteiger partial charge in [0.15, 0.2) is 11.5 Å². The Morgan fingerprint density at radius 2 is 1.69 bits per heavy atom. The van der Waals surface area contributed by atoms with E-state index in [1.807, 2.05) is 24.3 Å². The van der Waals surface area contributed by atoms with Crippen LogP contribution in [0.5, 0.6) is 17.2 Å². The highest BCUT2D eigenvalue weighted by molar-refractivity contribution is 6.05. The molecular weight excluding hydrogens is 334 g/mol. The van der Waals surface area contributed by atoms with Crippen LogP contribution in [0.1, 0.15) is 21.6 Å². The quantitative estimate of drug-likeness (QED) is 0.730. The van der Waals surface area contributed by atoms with Gasteiger partial charge in [0.1, 0.15) is 5.75 Å². The first-order valence-corrected chi connectivity index (χ1v) is 7.97. The first-order chi connectivity index (χ1) is 12.6. The van der Waals surface area contributed by atoms with Crippen molar-refractivity contribution in [2.45, 2.75) is 6.42 Å². The van der Waals surface area contributed by atoms with Gasteiger partial charge in [0, 0.05) is 23.4 Å². The molecule has 6 heteroatoms. The Balaban J connectivity index is 2.18. The van der Waals surface area contributed by atoms with E-state index in [-0.39, 0.29) is 5.56 Å². The SMILES string of the molecule is COc1cccc(Cc2ncc(C(=O)O)c3cc(OC)c(OC)cc23)c1. The van der Waals surface area contributed by atoms with Gasteiger partial charge >= 0.3 is 5.97 Å². The Labute approximate surface area is 151 Å². The minimum absolute atomic E-state index is 0.121. The first-order valence-electron chi connectivity index (χ1n) is 7.97. The minimum atomic E-state index is -1.04. The number of aromatic carboxylic acids is 1. The fraction of sp³-hybridized carbons (Fsp3) is 0.200. The van der Waals surface area contributed by atoms with Crippen molar-refractivity contribution < 1.29 is 24.1 Å². The predicted octanol–water partition coefficient (Wildman–Crippen LogP) is 3.55. The van der Waals surface area contributed by atoms with Gasteiger partial charge in [-0.1, -0.05) is 12.1 Å². The second-order valence-corrected chi connectivity index (χ2v) is 5.70. The number of pyridine rings is 1. The Bertz CT molecular complexity index is 968. The largest absolute Gasteiger partial charge is 0.497 e. The zero-order valence-corrected chi connectivity index (χ0v) is 14.8. The molecule has 2 aromatic carbocycles. The molecule has 134 valence electrons. The maximum atomic E-state index is 11.6. The smallest absolute Gasteiger partial charge is 0.337 e. The first kappa shape index (κ1) is 17.5. The lowest BCUT2D eigenvalue weighted by Gasteiger charge is -2.13. The number of carboxylic acid groups (broad SMARTS) is 1. The predicted molar refractivity (Wildman–Crippen MR) is 97.6 cm³/mol. The lowest BCUT2D eigenvalue weighted by atomic mass is 10.00. The van der Waals surface area contributed by atoms with Crippen molar-refractivity contribution in [3.05, 3.63) is 59.4 Å². The van der Waals surface area contributed by atoms with Crippen LogP contribution in [0.2, 0.25) is 0 Å². The highest BCUT2D eigenvalue weighted by Crippen LogP contribution is 2.35. The number of nitrogens with zero attached hydrogens (tertiary/aromatic N) is 1. The molecule has 0 bridgehead atoms.